The molecule has 192 valence electrons. The molecule has 0 aromatic carbocycles. The molecule has 11 nitrogen and oxygen atoms in total. The molecule has 4 atom stereocenters. The van der Waals surface area contributed by atoms with Crippen LogP contribution in [0.1, 0.15) is 39.7 Å². The van der Waals surface area contributed by atoms with Crippen molar-refractivity contribution in [2.45, 2.75) is 64.3 Å². The Kier molecular flexibility index (Phi) is 5.43. The lowest BCUT2D eigenvalue weighted by Gasteiger charge is -2.43. The fourth-order valence-electron chi connectivity index (χ4n) is 5.99. The number of nitrogens with two attached hydrogens (primary N) is 1. The van der Waals surface area contributed by atoms with Crippen molar-refractivity contribution in [3.8, 4) is 11.3 Å². The van der Waals surface area contributed by atoms with Crippen LogP contribution in [0.3, 0.4) is 0 Å². The topological polar surface area (TPSA) is 123 Å². The molecule has 1 amide bonds. The normalized spacial score (nSPS) is 27.2. The van der Waals surface area contributed by atoms with E-state index in [9.17, 15) is 4.79 Å². The van der Waals surface area contributed by atoms with Gasteiger partial charge in [0.05, 0.1) is 37.0 Å². The van der Waals surface area contributed by atoms with Crippen LogP contribution in [0.25, 0.3) is 11.3 Å². The van der Waals surface area contributed by atoms with E-state index in [4.69, 9.17) is 25.2 Å². The summed E-state index contributed by atoms with van der Waals surface area (Å²) in [4.78, 5) is 38.0. The van der Waals surface area contributed by atoms with E-state index in [-0.39, 0.29) is 30.2 Å². The second-order valence-electron chi connectivity index (χ2n) is 11.3. The lowest BCUT2D eigenvalue weighted by Crippen LogP contribution is -2.55. The Morgan fingerprint density at radius 2 is 1.94 bits per heavy atom. The zero-order valence-electron chi connectivity index (χ0n) is 21.3. The van der Waals surface area contributed by atoms with Gasteiger partial charge >= 0.3 is 6.09 Å². The molecule has 4 fully saturated rings. The largest absolute Gasteiger partial charge is 0.444 e. The maximum Gasteiger partial charge on any atom is 0.410 e. The highest BCUT2D eigenvalue weighted by Gasteiger charge is 2.58. The van der Waals surface area contributed by atoms with Crippen LogP contribution in [0.4, 0.5) is 22.5 Å². The lowest BCUT2D eigenvalue weighted by molar-refractivity contribution is 0.0232. The first-order valence-corrected chi connectivity index (χ1v) is 12.8. The lowest BCUT2D eigenvalue weighted by atomic mass is 9.79. The van der Waals surface area contributed by atoms with Gasteiger partial charge < -0.3 is 29.9 Å². The van der Waals surface area contributed by atoms with Crippen molar-refractivity contribution in [2.75, 3.05) is 48.4 Å². The van der Waals surface area contributed by atoms with E-state index >= 15 is 0 Å². The highest BCUT2D eigenvalue weighted by molar-refractivity contribution is 5.74. The van der Waals surface area contributed by atoms with Crippen molar-refractivity contribution in [3.05, 3.63) is 18.0 Å². The van der Waals surface area contributed by atoms with Gasteiger partial charge in [0.1, 0.15) is 11.4 Å². The fourth-order valence-corrected chi connectivity index (χ4v) is 5.99. The molecular formula is C25H34N8O3. The Labute approximate surface area is 211 Å². The molecule has 1 saturated carbocycles. The van der Waals surface area contributed by atoms with E-state index in [2.05, 4.69) is 26.7 Å². The molecule has 2 bridgehead atoms. The molecule has 0 radical (unpaired) electrons. The summed E-state index contributed by atoms with van der Waals surface area (Å²) in [5, 5.41) is 0. The average Bonchev–Trinajstić information content (AvgIpc) is 3.53. The Bertz CT molecular complexity index is 1170. The summed E-state index contributed by atoms with van der Waals surface area (Å²) in [6, 6.07) is 0.545. The van der Waals surface area contributed by atoms with Gasteiger partial charge in [0.25, 0.3) is 0 Å². The predicted molar refractivity (Wildman–Crippen MR) is 135 cm³/mol. The zero-order chi connectivity index (χ0) is 25.2. The molecule has 2 N–H and O–H groups in total. The van der Waals surface area contributed by atoms with Crippen LogP contribution in [-0.4, -0.2) is 87.5 Å². The van der Waals surface area contributed by atoms with Crippen molar-refractivity contribution < 1.29 is 14.3 Å². The standard InChI is InChI=1S/C25H34N8O3/c1-14-13-35-8-7-31(14)23-29-19(16-10-27-22(26)28-11-16)17-5-6-32(21(17)30-23)20-15-9-18(20)33(12-15)24(34)36-25(2,3)4/h10-11,14-15,18,20H,5-9,12-13H2,1-4H3,(H2,26,27,28)/t14-,15+,18+,20+/m0/s1. The fraction of sp³-hybridized carbons (Fsp3) is 0.640. The van der Waals surface area contributed by atoms with Gasteiger partial charge in [-0.3, -0.25) is 0 Å². The van der Waals surface area contributed by atoms with Crippen LogP contribution in [0, 0.1) is 5.92 Å². The molecule has 0 unspecified atom stereocenters. The van der Waals surface area contributed by atoms with E-state index in [1.165, 1.54) is 0 Å². The third-order valence-electron chi connectivity index (χ3n) is 7.66. The predicted octanol–water partition coefficient (Wildman–Crippen LogP) is 2.11. The number of carbonyl (C=O) groups is 1. The summed E-state index contributed by atoms with van der Waals surface area (Å²) < 4.78 is 11.4. The number of anilines is 3. The number of morpholine rings is 1. The number of amides is 1. The third kappa shape index (κ3) is 3.89. The number of hydrogen-bond acceptors (Lipinski definition) is 10. The Hall–Kier alpha value is -3.21. The molecule has 1 aliphatic carbocycles. The molecule has 11 heteroatoms. The number of hydrogen-bond donors (Lipinski definition) is 1. The number of nitrogen functional groups attached to an aromatic ring is 1. The number of rotatable bonds is 3. The minimum Gasteiger partial charge on any atom is -0.444 e. The molecule has 36 heavy (non-hydrogen) atoms. The van der Waals surface area contributed by atoms with Crippen LogP contribution < -0.4 is 15.5 Å². The van der Waals surface area contributed by atoms with Crippen LogP contribution in [0.15, 0.2) is 12.4 Å². The van der Waals surface area contributed by atoms with Crippen LogP contribution in [0.2, 0.25) is 0 Å². The Morgan fingerprint density at radius 3 is 2.67 bits per heavy atom. The molecular weight excluding hydrogens is 460 g/mol. The Balaban J connectivity index is 1.35. The summed E-state index contributed by atoms with van der Waals surface area (Å²) in [5.41, 5.74) is 8.03. The van der Waals surface area contributed by atoms with Gasteiger partial charge in [-0.1, -0.05) is 0 Å². The minimum absolute atomic E-state index is 0.139. The van der Waals surface area contributed by atoms with Gasteiger partial charge in [-0.15, -0.1) is 0 Å². The van der Waals surface area contributed by atoms with Crippen LogP contribution in [0.5, 0.6) is 0 Å². The van der Waals surface area contributed by atoms with Crippen molar-refractivity contribution in [1.29, 1.82) is 0 Å². The van der Waals surface area contributed by atoms with E-state index in [1.807, 2.05) is 25.7 Å². The smallest absolute Gasteiger partial charge is 0.410 e. The van der Waals surface area contributed by atoms with Gasteiger partial charge in [0.2, 0.25) is 11.9 Å². The molecule has 0 spiro atoms. The molecule has 2 aromatic heterocycles. The molecule has 7 rings (SSSR count). The van der Waals surface area contributed by atoms with Gasteiger partial charge in [-0.2, -0.15) is 4.98 Å². The van der Waals surface area contributed by atoms with Gasteiger partial charge in [0, 0.05) is 49.1 Å². The highest BCUT2D eigenvalue weighted by atomic mass is 16.6. The van der Waals surface area contributed by atoms with Gasteiger partial charge in [-0.25, -0.2) is 19.7 Å². The van der Waals surface area contributed by atoms with Crippen molar-refractivity contribution in [2.24, 2.45) is 5.92 Å². The number of carbonyl (C=O) groups excluding carboxylic acids is 1. The summed E-state index contributed by atoms with van der Waals surface area (Å²) in [6.45, 7) is 11.5. The molecule has 2 aromatic rings. The first-order chi connectivity index (χ1) is 17.2. The number of aromatic nitrogens is 4. The SMILES string of the molecule is C[C@H]1COCCN1c1nc(-c2cnc(N)nc2)c2c(n1)N([C@@H]1[C@@H]3C[C@H]1N(C(=O)OC(C)(C)C)C3)CC2. The quantitative estimate of drug-likeness (QED) is 0.679. The second-order valence-corrected chi connectivity index (χ2v) is 11.3. The van der Waals surface area contributed by atoms with Crippen molar-refractivity contribution in [3.63, 3.8) is 0 Å². The van der Waals surface area contributed by atoms with E-state index in [1.54, 1.807) is 12.4 Å². The van der Waals surface area contributed by atoms with Crippen LogP contribution in [-0.2, 0) is 15.9 Å². The third-order valence-corrected chi connectivity index (χ3v) is 7.66. The average molecular weight is 495 g/mol. The minimum atomic E-state index is -0.507. The van der Waals surface area contributed by atoms with Crippen molar-refractivity contribution >= 4 is 23.8 Å². The summed E-state index contributed by atoms with van der Waals surface area (Å²) in [6.07, 6.45) is 5.08. The molecule has 4 aliphatic heterocycles. The van der Waals surface area contributed by atoms with Crippen LogP contribution >= 0.6 is 0 Å². The summed E-state index contributed by atoms with van der Waals surface area (Å²) >= 11 is 0. The second kappa shape index (κ2) is 8.43. The molecule has 6 heterocycles. The van der Waals surface area contributed by atoms with E-state index in [0.717, 1.165) is 55.1 Å². The summed E-state index contributed by atoms with van der Waals surface area (Å²) in [5.74, 6) is 2.30. The number of fused-ring (bicyclic) bond motifs is 2. The summed E-state index contributed by atoms with van der Waals surface area (Å²) in [7, 11) is 0. The van der Waals surface area contributed by atoms with Gasteiger partial charge in [0.15, 0.2) is 0 Å². The molecule has 5 aliphatic rings. The van der Waals surface area contributed by atoms with E-state index < -0.39 is 5.60 Å². The first kappa shape index (κ1) is 23.2. The maximum absolute atomic E-state index is 12.9. The first-order valence-electron chi connectivity index (χ1n) is 12.8. The Morgan fingerprint density at radius 1 is 1.17 bits per heavy atom. The maximum atomic E-state index is 12.9. The van der Waals surface area contributed by atoms with E-state index in [0.29, 0.717) is 25.1 Å². The van der Waals surface area contributed by atoms with Crippen molar-refractivity contribution in [1.82, 2.24) is 24.8 Å². The molecule has 3 saturated heterocycles. The van der Waals surface area contributed by atoms with Gasteiger partial charge in [-0.05, 0) is 40.5 Å². The highest BCUT2D eigenvalue weighted by Crippen LogP contribution is 2.48. The monoisotopic (exact) mass is 494 g/mol. The number of nitrogens with zero attached hydrogens (tertiary/aromatic N) is 7. The number of ether oxygens (including phenoxy) is 2. The zero-order valence-corrected chi connectivity index (χ0v) is 21.3.